The van der Waals surface area contributed by atoms with Gasteiger partial charge in [-0.25, -0.2) is 9.78 Å². The van der Waals surface area contributed by atoms with E-state index < -0.39 is 6.09 Å². The Morgan fingerprint density at radius 3 is 2.65 bits per heavy atom. The fourth-order valence-corrected chi connectivity index (χ4v) is 1.90. The van der Waals surface area contributed by atoms with Crippen molar-refractivity contribution in [3.05, 3.63) is 46.6 Å². The predicted octanol–water partition coefficient (Wildman–Crippen LogP) is 4.31. The molecule has 0 fully saturated rings. The zero-order chi connectivity index (χ0) is 14.5. The molecule has 1 heterocycles. The summed E-state index contributed by atoms with van der Waals surface area (Å²) < 4.78 is 4.47. The van der Waals surface area contributed by atoms with E-state index in [0.717, 1.165) is 5.69 Å². The number of aromatic nitrogens is 1. The molecule has 1 aromatic heterocycles. The molecule has 0 aliphatic carbocycles. The second-order valence-corrected chi connectivity index (χ2v) is 4.64. The largest absolute Gasteiger partial charge is 0.453 e. The van der Waals surface area contributed by atoms with Crippen LogP contribution in [0, 0.1) is 0 Å². The number of amides is 1. The van der Waals surface area contributed by atoms with Gasteiger partial charge in [-0.15, -0.1) is 0 Å². The van der Waals surface area contributed by atoms with E-state index in [-0.39, 0.29) is 0 Å². The van der Waals surface area contributed by atoms with Crippen molar-refractivity contribution in [2.45, 2.75) is 0 Å². The number of rotatable bonds is 3. The maximum atomic E-state index is 11.0. The highest BCUT2D eigenvalue weighted by atomic mass is 35.5. The van der Waals surface area contributed by atoms with E-state index in [0.29, 0.717) is 21.6 Å². The number of nitrogens with one attached hydrogen (secondary N) is 2. The molecule has 2 N–H and O–H groups in total. The Morgan fingerprint density at radius 2 is 2.05 bits per heavy atom. The van der Waals surface area contributed by atoms with Gasteiger partial charge in [0.1, 0.15) is 5.82 Å². The summed E-state index contributed by atoms with van der Waals surface area (Å²) in [7, 11) is 1.29. The monoisotopic (exact) mass is 311 g/mol. The molecule has 0 saturated carbocycles. The quantitative estimate of drug-likeness (QED) is 0.886. The number of benzene rings is 1. The molecule has 0 spiro atoms. The zero-order valence-electron chi connectivity index (χ0n) is 10.5. The average molecular weight is 312 g/mol. The van der Waals surface area contributed by atoms with Crippen LogP contribution in [0.5, 0.6) is 0 Å². The molecule has 1 amide bonds. The Kier molecular flexibility index (Phi) is 4.65. The molecule has 2 aromatic rings. The maximum Gasteiger partial charge on any atom is 0.412 e. The first kappa shape index (κ1) is 14.4. The minimum atomic E-state index is -0.570. The molecule has 0 bridgehead atoms. The lowest BCUT2D eigenvalue weighted by Crippen LogP contribution is -2.11. The molecule has 0 aliphatic heterocycles. The maximum absolute atomic E-state index is 11.0. The second-order valence-electron chi connectivity index (χ2n) is 3.80. The zero-order valence-corrected chi connectivity index (χ0v) is 12.0. The number of carbonyl (C=O) groups is 1. The summed E-state index contributed by atoms with van der Waals surface area (Å²) in [4.78, 5) is 15.1. The number of anilines is 3. The van der Waals surface area contributed by atoms with E-state index >= 15 is 0 Å². The smallest absolute Gasteiger partial charge is 0.412 e. The Labute approximate surface area is 125 Å². The van der Waals surface area contributed by atoms with Gasteiger partial charge >= 0.3 is 6.09 Å². The van der Waals surface area contributed by atoms with Gasteiger partial charge in [0.05, 0.1) is 29.7 Å². The molecule has 2 rings (SSSR count). The molecular weight excluding hydrogens is 301 g/mol. The van der Waals surface area contributed by atoms with E-state index in [1.165, 1.54) is 7.11 Å². The molecule has 0 unspecified atom stereocenters. The van der Waals surface area contributed by atoms with Crippen LogP contribution < -0.4 is 10.6 Å². The van der Waals surface area contributed by atoms with E-state index in [9.17, 15) is 4.79 Å². The molecule has 0 aliphatic rings. The van der Waals surface area contributed by atoms with Gasteiger partial charge in [-0.3, -0.25) is 5.32 Å². The van der Waals surface area contributed by atoms with Gasteiger partial charge in [0.2, 0.25) is 0 Å². The second kappa shape index (κ2) is 6.45. The van der Waals surface area contributed by atoms with Crippen LogP contribution >= 0.6 is 23.2 Å². The SMILES string of the molecule is COC(=O)Nc1ccc(Nc2ccc(Cl)cc2Cl)cn1. The van der Waals surface area contributed by atoms with E-state index in [1.807, 2.05) is 0 Å². The number of nitrogens with zero attached hydrogens (tertiary/aromatic N) is 1. The Morgan fingerprint density at radius 1 is 1.25 bits per heavy atom. The van der Waals surface area contributed by atoms with E-state index in [1.54, 1.807) is 36.5 Å². The first-order valence-corrected chi connectivity index (χ1v) is 6.37. The third kappa shape index (κ3) is 3.76. The lowest BCUT2D eigenvalue weighted by atomic mass is 10.3. The van der Waals surface area contributed by atoms with Crippen LogP contribution in [0.1, 0.15) is 0 Å². The Bertz CT molecular complexity index is 618. The fourth-order valence-electron chi connectivity index (χ4n) is 1.44. The number of hydrogen-bond acceptors (Lipinski definition) is 4. The van der Waals surface area contributed by atoms with Crippen molar-refractivity contribution < 1.29 is 9.53 Å². The molecule has 0 saturated heterocycles. The van der Waals surface area contributed by atoms with Gasteiger partial charge in [-0.1, -0.05) is 23.2 Å². The van der Waals surface area contributed by atoms with Crippen molar-refractivity contribution in [1.82, 2.24) is 4.98 Å². The summed E-state index contributed by atoms with van der Waals surface area (Å²) in [6.07, 6.45) is 0.995. The first-order valence-electron chi connectivity index (χ1n) is 5.61. The van der Waals surface area contributed by atoms with E-state index in [2.05, 4.69) is 20.4 Å². The molecule has 5 nitrogen and oxygen atoms in total. The minimum Gasteiger partial charge on any atom is -0.453 e. The van der Waals surface area contributed by atoms with Gasteiger partial charge in [0, 0.05) is 5.02 Å². The summed E-state index contributed by atoms with van der Waals surface area (Å²) in [6, 6.07) is 8.54. The van der Waals surface area contributed by atoms with Gasteiger partial charge in [-0.2, -0.15) is 0 Å². The lowest BCUT2D eigenvalue weighted by Gasteiger charge is -2.09. The highest BCUT2D eigenvalue weighted by Crippen LogP contribution is 2.28. The number of carbonyl (C=O) groups excluding carboxylic acids is 1. The number of hydrogen-bond donors (Lipinski definition) is 2. The molecule has 104 valence electrons. The molecule has 0 radical (unpaired) electrons. The molecular formula is C13H11Cl2N3O2. The number of ether oxygens (including phenoxy) is 1. The third-order valence-corrected chi connectivity index (χ3v) is 2.94. The van der Waals surface area contributed by atoms with Crippen LogP contribution in [-0.2, 0) is 4.74 Å². The van der Waals surface area contributed by atoms with Crippen molar-refractivity contribution >= 4 is 46.5 Å². The van der Waals surface area contributed by atoms with Crippen molar-refractivity contribution in [3.63, 3.8) is 0 Å². The molecule has 20 heavy (non-hydrogen) atoms. The van der Waals surface area contributed by atoms with Gasteiger partial charge in [0.15, 0.2) is 0 Å². The number of pyridine rings is 1. The van der Waals surface area contributed by atoms with Crippen LogP contribution in [0.15, 0.2) is 36.5 Å². The summed E-state index contributed by atoms with van der Waals surface area (Å²) >= 11 is 11.9. The lowest BCUT2D eigenvalue weighted by molar-refractivity contribution is 0.187. The Hall–Kier alpha value is -1.98. The summed E-state index contributed by atoms with van der Waals surface area (Å²) in [5.74, 6) is 0.393. The van der Waals surface area contributed by atoms with Crippen LogP contribution in [0.25, 0.3) is 0 Å². The standard InChI is InChI=1S/C13H11Cl2N3O2/c1-20-13(19)18-12-5-3-9(7-16-12)17-11-4-2-8(14)6-10(11)15/h2-7,17H,1H3,(H,16,18,19). The topological polar surface area (TPSA) is 63.2 Å². The summed E-state index contributed by atoms with van der Waals surface area (Å²) in [5.41, 5.74) is 1.44. The highest BCUT2D eigenvalue weighted by molar-refractivity contribution is 6.36. The van der Waals surface area contributed by atoms with Crippen molar-refractivity contribution in [1.29, 1.82) is 0 Å². The molecule has 7 heteroatoms. The molecule has 0 atom stereocenters. The summed E-state index contributed by atoms with van der Waals surface area (Å²) in [5, 5.41) is 6.63. The average Bonchev–Trinajstić information content (AvgIpc) is 2.44. The first-order chi connectivity index (χ1) is 9.58. The van der Waals surface area contributed by atoms with E-state index in [4.69, 9.17) is 23.2 Å². The van der Waals surface area contributed by atoms with Crippen LogP contribution in [0.4, 0.5) is 22.0 Å². The number of methoxy groups -OCH3 is 1. The van der Waals surface area contributed by atoms with Crippen molar-refractivity contribution in [2.75, 3.05) is 17.7 Å². The van der Waals surface area contributed by atoms with Gasteiger partial charge in [0.25, 0.3) is 0 Å². The number of halogens is 2. The normalized spacial score (nSPS) is 9.95. The highest BCUT2D eigenvalue weighted by Gasteiger charge is 2.04. The van der Waals surface area contributed by atoms with Crippen LogP contribution in [-0.4, -0.2) is 18.2 Å². The Balaban J connectivity index is 2.08. The predicted molar refractivity (Wildman–Crippen MR) is 80.0 cm³/mol. The van der Waals surface area contributed by atoms with Crippen molar-refractivity contribution in [2.24, 2.45) is 0 Å². The van der Waals surface area contributed by atoms with Crippen LogP contribution in [0.3, 0.4) is 0 Å². The van der Waals surface area contributed by atoms with Gasteiger partial charge in [-0.05, 0) is 30.3 Å². The third-order valence-electron chi connectivity index (χ3n) is 2.39. The van der Waals surface area contributed by atoms with Gasteiger partial charge < -0.3 is 10.1 Å². The minimum absolute atomic E-state index is 0.393. The summed E-state index contributed by atoms with van der Waals surface area (Å²) in [6.45, 7) is 0. The fraction of sp³-hybridized carbons (Fsp3) is 0.0769. The van der Waals surface area contributed by atoms with Crippen LogP contribution in [0.2, 0.25) is 10.0 Å². The van der Waals surface area contributed by atoms with Crippen molar-refractivity contribution in [3.8, 4) is 0 Å². The molecule has 1 aromatic carbocycles.